The van der Waals surface area contributed by atoms with Gasteiger partial charge in [-0.25, -0.2) is 0 Å². The molecule has 1 aromatic carbocycles. The maximum absolute atomic E-state index is 3.50. The second kappa shape index (κ2) is 4.99. The first-order valence-corrected chi connectivity index (χ1v) is 7.37. The van der Waals surface area contributed by atoms with Crippen LogP contribution in [-0.4, -0.2) is 37.1 Å². The highest BCUT2D eigenvalue weighted by Crippen LogP contribution is 2.25. The van der Waals surface area contributed by atoms with Crippen molar-refractivity contribution < 1.29 is 0 Å². The van der Waals surface area contributed by atoms with Crippen molar-refractivity contribution in [2.75, 3.05) is 31.1 Å². The van der Waals surface area contributed by atoms with Crippen molar-refractivity contribution >= 4 is 21.6 Å². The molecular weight excluding hydrogens is 276 g/mol. The predicted octanol–water partition coefficient (Wildman–Crippen LogP) is 3.12. The van der Waals surface area contributed by atoms with Crippen molar-refractivity contribution in [3.05, 3.63) is 28.7 Å². The van der Waals surface area contributed by atoms with Crippen molar-refractivity contribution in [3.8, 4) is 0 Å². The van der Waals surface area contributed by atoms with Crippen molar-refractivity contribution in [3.63, 3.8) is 0 Å². The third kappa shape index (κ3) is 2.50. The molecule has 3 heteroatoms. The SMILES string of the molecule is Brc1ccc(N2CCCN3CCCC3C2)cc1. The van der Waals surface area contributed by atoms with Gasteiger partial charge in [0.2, 0.25) is 0 Å². The molecule has 2 saturated heterocycles. The van der Waals surface area contributed by atoms with E-state index in [2.05, 4.69) is 50.0 Å². The molecule has 2 aliphatic heterocycles. The van der Waals surface area contributed by atoms with Gasteiger partial charge < -0.3 is 4.90 Å². The first-order valence-electron chi connectivity index (χ1n) is 6.57. The summed E-state index contributed by atoms with van der Waals surface area (Å²) in [7, 11) is 0. The van der Waals surface area contributed by atoms with E-state index in [1.807, 2.05) is 0 Å². The fourth-order valence-electron chi connectivity index (χ4n) is 3.09. The second-order valence-corrected chi connectivity index (χ2v) is 6.02. The van der Waals surface area contributed by atoms with Gasteiger partial charge in [-0.15, -0.1) is 0 Å². The fourth-order valence-corrected chi connectivity index (χ4v) is 3.36. The molecule has 0 spiro atoms. The zero-order valence-electron chi connectivity index (χ0n) is 10.1. The molecule has 2 aliphatic rings. The fraction of sp³-hybridized carbons (Fsp3) is 0.571. The summed E-state index contributed by atoms with van der Waals surface area (Å²) >= 11 is 3.50. The normalized spacial score (nSPS) is 25.7. The Morgan fingerprint density at radius 1 is 1.00 bits per heavy atom. The van der Waals surface area contributed by atoms with E-state index in [0.717, 1.165) is 6.04 Å². The molecule has 17 heavy (non-hydrogen) atoms. The highest BCUT2D eigenvalue weighted by molar-refractivity contribution is 9.10. The lowest BCUT2D eigenvalue weighted by Gasteiger charge is -2.27. The highest BCUT2D eigenvalue weighted by Gasteiger charge is 2.28. The molecule has 0 aliphatic carbocycles. The van der Waals surface area contributed by atoms with Crippen LogP contribution in [0.2, 0.25) is 0 Å². The maximum atomic E-state index is 3.50. The lowest BCUT2D eigenvalue weighted by atomic mass is 10.2. The summed E-state index contributed by atoms with van der Waals surface area (Å²) in [5, 5.41) is 0. The topological polar surface area (TPSA) is 6.48 Å². The molecule has 2 fully saturated rings. The van der Waals surface area contributed by atoms with Crippen LogP contribution in [-0.2, 0) is 0 Å². The predicted molar refractivity (Wildman–Crippen MR) is 75.6 cm³/mol. The van der Waals surface area contributed by atoms with Crippen LogP contribution in [0.3, 0.4) is 0 Å². The van der Waals surface area contributed by atoms with Gasteiger partial charge in [0.15, 0.2) is 0 Å². The van der Waals surface area contributed by atoms with Crippen molar-refractivity contribution in [2.45, 2.75) is 25.3 Å². The Bertz CT molecular complexity index is 376. The molecule has 0 N–H and O–H groups in total. The molecule has 2 heterocycles. The zero-order chi connectivity index (χ0) is 11.7. The number of anilines is 1. The van der Waals surface area contributed by atoms with Gasteiger partial charge in [-0.2, -0.15) is 0 Å². The van der Waals surface area contributed by atoms with Crippen LogP contribution in [0.15, 0.2) is 28.7 Å². The standard InChI is InChI=1S/C14H19BrN2/c15-12-4-6-13(7-5-12)17-10-2-9-16-8-1-3-14(16)11-17/h4-7,14H,1-3,8-11H2. The first-order chi connectivity index (χ1) is 8.33. The molecule has 0 bridgehead atoms. The third-order valence-corrected chi connectivity index (χ3v) is 4.52. The van der Waals surface area contributed by atoms with Gasteiger partial charge in [-0.3, -0.25) is 4.90 Å². The highest BCUT2D eigenvalue weighted by atomic mass is 79.9. The zero-order valence-corrected chi connectivity index (χ0v) is 11.7. The third-order valence-electron chi connectivity index (χ3n) is 4.00. The largest absolute Gasteiger partial charge is 0.370 e. The molecule has 0 radical (unpaired) electrons. The smallest absolute Gasteiger partial charge is 0.0367 e. The van der Waals surface area contributed by atoms with Crippen LogP contribution in [0.4, 0.5) is 5.69 Å². The Labute approximate surface area is 112 Å². The van der Waals surface area contributed by atoms with Gasteiger partial charge in [0, 0.05) is 35.8 Å². The Balaban J connectivity index is 1.76. The van der Waals surface area contributed by atoms with Crippen LogP contribution < -0.4 is 4.90 Å². The van der Waals surface area contributed by atoms with Gasteiger partial charge in [-0.1, -0.05) is 15.9 Å². The monoisotopic (exact) mass is 294 g/mol. The maximum Gasteiger partial charge on any atom is 0.0367 e. The Hall–Kier alpha value is -0.540. The number of hydrogen-bond acceptors (Lipinski definition) is 2. The quantitative estimate of drug-likeness (QED) is 0.785. The summed E-state index contributed by atoms with van der Waals surface area (Å²) in [5.74, 6) is 0. The number of nitrogens with zero attached hydrogens (tertiary/aromatic N) is 2. The first kappa shape index (κ1) is 11.5. The van der Waals surface area contributed by atoms with E-state index in [1.165, 1.54) is 55.6 Å². The van der Waals surface area contributed by atoms with E-state index >= 15 is 0 Å². The van der Waals surface area contributed by atoms with Crippen LogP contribution in [0.5, 0.6) is 0 Å². The number of benzene rings is 1. The van der Waals surface area contributed by atoms with Crippen LogP contribution in [0.25, 0.3) is 0 Å². The summed E-state index contributed by atoms with van der Waals surface area (Å²) in [6, 6.07) is 9.55. The molecule has 92 valence electrons. The molecule has 1 atom stereocenters. The van der Waals surface area contributed by atoms with Crippen molar-refractivity contribution in [1.29, 1.82) is 0 Å². The number of fused-ring (bicyclic) bond motifs is 1. The average Bonchev–Trinajstić information content (AvgIpc) is 2.68. The summed E-state index contributed by atoms with van der Waals surface area (Å²) in [6.07, 6.45) is 4.07. The lowest BCUT2D eigenvalue weighted by molar-refractivity contribution is 0.273. The molecule has 1 aromatic rings. The average molecular weight is 295 g/mol. The molecular formula is C14H19BrN2. The summed E-state index contributed by atoms with van der Waals surface area (Å²) in [5.41, 5.74) is 1.38. The van der Waals surface area contributed by atoms with Crippen molar-refractivity contribution in [2.24, 2.45) is 0 Å². The molecule has 0 amide bonds. The minimum Gasteiger partial charge on any atom is -0.370 e. The molecule has 1 unspecified atom stereocenters. The van der Waals surface area contributed by atoms with E-state index < -0.39 is 0 Å². The Morgan fingerprint density at radius 3 is 2.59 bits per heavy atom. The number of halogens is 1. The Morgan fingerprint density at radius 2 is 1.76 bits per heavy atom. The van der Waals surface area contributed by atoms with Gasteiger partial charge in [0.25, 0.3) is 0 Å². The number of rotatable bonds is 1. The van der Waals surface area contributed by atoms with Crippen LogP contribution in [0, 0.1) is 0 Å². The van der Waals surface area contributed by atoms with Gasteiger partial charge in [-0.05, 0) is 50.1 Å². The van der Waals surface area contributed by atoms with E-state index in [9.17, 15) is 0 Å². The van der Waals surface area contributed by atoms with Gasteiger partial charge in [0.1, 0.15) is 0 Å². The summed E-state index contributed by atoms with van der Waals surface area (Å²) < 4.78 is 1.17. The van der Waals surface area contributed by atoms with Crippen molar-refractivity contribution in [1.82, 2.24) is 4.90 Å². The molecule has 3 rings (SSSR count). The van der Waals surface area contributed by atoms with E-state index in [1.54, 1.807) is 0 Å². The minimum atomic E-state index is 0.793. The van der Waals surface area contributed by atoms with Gasteiger partial charge in [0.05, 0.1) is 0 Å². The van der Waals surface area contributed by atoms with E-state index in [0.29, 0.717) is 0 Å². The molecule has 2 nitrogen and oxygen atoms in total. The van der Waals surface area contributed by atoms with Crippen LogP contribution in [0.1, 0.15) is 19.3 Å². The van der Waals surface area contributed by atoms with Gasteiger partial charge >= 0.3 is 0 Å². The lowest BCUT2D eigenvalue weighted by Crippen LogP contribution is -2.36. The summed E-state index contributed by atoms with van der Waals surface area (Å²) in [4.78, 5) is 5.24. The molecule has 0 saturated carbocycles. The number of hydrogen-bond donors (Lipinski definition) is 0. The van der Waals surface area contributed by atoms with Crippen LogP contribution >= 0.6 is 15.9 Å². The molecule has 0 aromatic heterocycles. The Kier molecular flexibility index (Phi) is 3.39. The second-order valence-electron chi connectivity index (χ2n) is 5.11. The summed E-state index contributed by atoms with van der Waals surface area (Å²) in [6.45, 7) is 5.02. The minimum absolute atomic E-state index is 0.793. The van der Waals surface area contributed by atoms with E-state index in [4.69, 9.17) is 0 Å². The van der Waals surface area contributed by atoms with E-state index in [-0.39, 0.29) is 0 Å².